The number of nitrogens with one attached hydrogen (secondary N) is 1. The summed E-state index contributed by atoms with van der Waals surface area (Å²) in [6.45, 7) is 4.90. The van der Waals surface area contributed by atoms with Gasteiger partial charge in [-0.2, -0.15) is 0 Å². The van der Waals surface area contributed by atoms with E-state index in [2.05, 4.69) is 10.2 Å². The van der Waals surface area contributed by atoms with Gasteiger partial charge in [0.2, 0.25) is 5.91 Å². The fourth-order valence-electron chi connectivity index (χ4n) is 3.65. The zero-order chi connectivity index (χ0) is 20.2. The van der Waals surface area contributed by atoms with Crippen LogP contribution in [0.5, 0.6) is 0 Å². The highest BCUT2D eigenvalue weighted by Gasteiger charge is 2.29. The van der Waals surface area contributed by atoms with Crippen LogP contribution < -0.4 is 5.32 Å². The molecule has 1 aromatic heterocycles. The molecule has 6 nitrogen and oxygen atoms in total. The van der Waals surface area contributed by atoms with E-state index < -0.39 is 0 Å². The Kier molecular flexibility index (Phi) is 5.62. The molecule has 1 aliphatic heterocycles. The van der Waals surface area contributed by atoms with Crippen LogP contribution in [0.3, 0.4) is 0 Å². The van der Waals surface area contributed by atoms with Crippen molar-refractivity contribution >= 4 is 22.8 Å². The van der Waals surface area contributed by atoms with Crippen LogP contribution >= 0.6 is 0 Å². The third kappa shape index (κ3) is 4.32. The summed E-state index contributed by atoms with van der Waals surface area (Å²) in [7, 11) is 0. The number of furan rings is 1. The first-order valence-electron chi connectivity index (χ1n) is 9.95. The van der Waals surface area contributed by atoms with Crippen LogP contribution in [0.2, 0.25) is 0 Å². The number of hydrogen-bond acceptors (Lipinski definition) is 4. The summed E-state index contributed by atoms with van der Waals surface area (Å²) in [4.78, 5) is 29.2. The molecule has 1 atom stereocenters. The van der Waals surface area contributed by atoms with Gasteiger partial charge in [-0.15, -0.1) is 0 Å². The molecule has 4 rings (SSSR count). The third-order valence-electron chi connectivity index (χ3n) is 5.47. The highest BCUT2D eigenvalue weighted by atomic mass is 16.3. The quantitative estimate of drug-likeness (QED) is 0.726. The Morgan fingerprint density at radius 2 is 1.69 bits per heavy atom. The number of amides is 2. The van der Waals surface area contributed by atoms with Gasteiger partial charge in [-0.05, 0) is 24.6 Å². The number of nitrogens with zero attached hydrogens (tertiary/aromatic N) is 2. The molecule has 3 aromatic rings. The van der Waals surface area contributed by atoms with E-state index in [9.17, 15) is 9.59 Å². The van der Waals surface area contributed by atoms with Crippen molar-refractivity contribution in [3.8, 4) is 0 Å². The van der Waals surface area contributed by atoms with Crippen molar-refractivity contribution in [3.63, 3.8) is 0 Å². The molecule has 0 bridgehead atoms. The predicted molar refractivity (Wildman–Crippen MR) is 111 cm³/mol. The minimum Gasteiger partial charge on any atom is -0.451 e. The van der Waals surface area contributed by atoms with Gasteiger partial charge < -0.3 is 14.6 Å². The van der Waals surface area contributed by atoms with Crippen molar-refractivity contribution in [2.45, 2.75) is 19.5 Å². The van der Waals surface area contributed by atoms with E-state index >= 15 is 0 Å². The normalized spacial score (nSPS) is 16.0. The maximum absolute atomic E-state index is 12.8. The van der Waals surface area contributed by atoms with Gasteiger partial charge in [-0.1, -0.05) is 48.5 Å². The summed E-state index contributed by atoms with van der Waals surface area (Å²) in [5, 5.41) is 3.92. The average molecular weight is 391 g/mol. The monoisotopic (exact) mass is 391 g/mol. The minimum absolute atomic E-state index is 0.00548. The molecule has 0 radical (unpaired) electrons. The van der Waals surface area contributed by atoms with Gasteiger partial charge in [0.15, 0.2) is 5.76 Å². The molecule has 1 aliphatic rings. The van der Waals surface area contributed by atoms with E-state index in [1.807, 2.05) is 61.5 Å². The zero-order valence-electron chi connectivity index (χ0n) is 16.5. The number of para-hydroxylation sites is 1. The predicted octanol–water partition coefficient (Wildman–Crippen LogP) is 2.90. The molecule has 2 heterocycles. The maximum atomic E-state index is 12.8. The molecule has 29 heavy (non-hydrogen) atoms. The summed E-state index contributed by atoms with van der Waals surface area (Å²) in [5.41, 5.74) is 1.80. The number of carbonyl (C=O) groups excluding carboxylic acids is 2. The van der Waals surface area contributed by atoms with Crippen LogP contribution in [-0.4, -0.2) is 53.8 Å². The van der Waals surface area contributed by atoms with Crippen LogP contribution in [0, 0.1) is 0 Å². The second kappa shape index (κ2) is 8.49. The highest BCUT2D eigenvalue weighted by Crippen LogP contribution is 2.20. The van der Waals surface area contributed by atoms with Crippen LogP contribution in [0.4, 0.5) is 0 Å². The van der Waals surface area contributed by atoms with Crippen molar-refractivity contribution in [1.82, 2.24) is 15.1 Å². The van der Waals surface area contributed by atoms with Crippen LogP contribution in [0.25, 0.3) is 11.0 Å². The summed E-state index contributed by atoms with van der Waals surface area (Å²) < 4.78 is 5.70. The SMILES string of the molecule is CC(C(=O)NCc1ccccc1)N1CCN(C(=O)c2cc3ccccc3o2)CC1. The molecule has 0 aliphatic carbocycles. The molecule has 1 fully saturated rings. The number of hydrogen-bond donors (Lipinski definition) is 1. The van der Waals surface area contributed by atoms with Crippen LogP contribution in [0.15, 0.2) is 65.1 Å². The van der Waals surface area contributed by atoms with E-state index in [4.69, 9.17) is 4.42 Å². The lowest BCUT2D eigenvalue weighted by molar-refractivity contribution is -0.126. The lowest BCUT2D eigenvalue weighted by atomic mass is 10.2. The van der Waals surface area contributed by atoms with Crippen molar-refractivity contribution < 1.29 is 14.0 Å². The van der Waals surface area contributed by atoms with Gasteiger partial charge in [-0.3, -0.25) is 14.5 Å². The Morgan fingerprint density at radius 3 is 2.41 bits per heavy atom. The Labute approximate surface area is 170 Å². The Morgan fingerprint density at radius 1 is 1.00 bits per heavy atom. The number of benzene rings is 2. The van der Waals surface area contributed by atoms with Crippen molar-refractivity contribution in [2.24, 2.45) is 0 Å². The molecular weight excluding hydrogens is 366 g/mol. The van der Waals surface area contributed by atoms with Crippen molar-refractivity contribution in [1.29, 1.82) is 0 Å². The number of fused-ring (bicyclic) bond motifs is 1. The summed E-state index contributed by atoms with van der Waals surface area (Å²) in [6, 6.07) is 19.0. The first kappa shape index (κ1) is 19.2. The van der Waals surface area contributed by atoms with Gasteiger partial charge >= 0.3 is 0 Å². The largest absolute Gasteiger partial charge is 0.451 e. The molecule has 2 aromatic carbocycles. The molecule has 1 unspecified atom stereocenters. The van der Waals surface area contributed by atoms with E-state index in [1.165, 1.54) is 0 Å². The van der Waals surface area contributed by atoms with Crippen LogP contribution in [0.1, 0.15) is 23.0 Å². The minimum atomic E-state index is -0.234. The van der Waals surface area contributed by atoms with Gasteiger partial charge in [0.1, 0.15) is 5.58 Å². The fourth-order valence-corrected chi connectivity index (χ4v) is 3.65. The highest BCUT2D eigenvalue weighted by molar-refractivity contribution is 5.96. The van der Waals surface area contributed by atoms with Gasteiger partial charge in [0.25, 0.3) is 5.91 Å². The summed E-state index contributed by atoms with van der Waals surface area (Å²) >= 11 is 0. The molecule has 2 amide bonds. The fraction of sp³-hybridized carbons (Fsp3) is 0.304. The Hall–Kier alpha value is -3.12. The molecule has 6 heteroatoms. The number of rotatable bonds is 5. The maximum Gasteiger partial charge on any atom is 0.289 e. The molecule has 0 spiro atoms. The lowest BCUT2D eigenvalue weighted by Crippen LogP contribution is -2.54. The van der Waals surface area contributed by atoms with E-state index in [0.29, 0.717) is 38.5 Å². The van der Waals surface area contributed by atoms with Crippen molar-refractivity contribution in [2.75, 3.05) is 26.2 Å². The van der Waals surface area contributed by atoms with Gasteiger partial charge in [0, 0.05) is 38.1 Å². The van der Waals surface area contributed by atoms with E-state index in [-0.39, 0.29) is 17.9 Å². The third-order valence-corrected chi connectivity index (χ3v) is 5.47. The lowest BCUT2D eigenvalue weighted by Gasteiger charge is -2.37. The molecule has 1 N–H and O–H groups in total. The Balaban J connectivity index is 1.30. The molecule has 1 saturated heterocycles. The number of piperazine rings is 1. The number of carbonyl (C=O) groups is 2. The average Bonchev–Trinajstić information content (AvgIpc) is 3.21. The summed E-state index contributed by atoms with van der Waals surface area (Å²) in [6.07, 6.45) is 0. The topological polar surface area (TPSA) is 65.8 Å². The smallest absolute Gasteiger partial charge is 0.289 e. The van der Waals surface area contributed by atoms with Gasteiger partial charge in [0.05, 0.1) is 6.04 Å². The van der Waals surface area contributed by atoms with E-state index in [1.54, 1.807) is 11.0 Å². The summed E-state index contributed by atoms with van der Waals surface area (Å²) in [5.74, 6) is 0.279. The first-order valence-corrected chi connectivity index (χ1v) is 9.95. The second-order valence-corrected chi connectivity index (χ2v) is 7.36. The Bertz CT molecular complexity index is 958. The standard InChI is InChI=1S/C23H25N3O3/c1-17(22(27)24-16-18-7-3-2-4-8-18)25-11-13-26(14-12-25)23(28)21-15-19-9-5-6-10-20(19)29-21/h2-10,15,17H,11-14,16H2,1H3,(H,24,27). The molecule has 0 saturated carbocycles. The second-order valence-electron chi connectivity index (χ2n) is 7.36. The van der Waals surface area contributed by atoms with Gasteiger partial charge in [-0.25, -0.2) is 0 Å². The molecular formula is C23H25N3O3. The first-order chi connectivity index (χ1) is 14.1. The van der Waals surface area contributed by atoms with Crippen LogP contribution in [-0.2, 0) is 11.3 Å². The van der Waals surface area contributed by atoms with E-state index in [0.717, 1.165) is 16.5 Å². The molecule has 150 valence electrons. The zero-order valence-corrected chi connectivity index (χ0v) is 16.5. The van der Waals surface area contributed by atoms with Crippen molar-refractivity contribution in [3.05, 3.63) is 72.0 Å².